The van der Waals surface area contributed by atoms with Gasteiger partial charge in [0.25, 0.3) is 0 Å². The molecular weight excluding hydrogens is 423 g/mol. The van der Waals surface area contributed by atoms with Crippen LogP contribution in [0.5, 0.6) is 0 Å². The number of likely N-dealkylation sites (tertiary alicyclic amines) is 1. The van der Waals surface area contributed by atoms with Crippen molar-refractivity contribution in [3.05, 3.63) is 0 Å². The second kappa shape index (κ2) is 11.6. The summed E-state index contributed by atoms with van der Waals surface area (Å²) in [4.78, 5) is 6.81. The molecule has 0 aromatic carbocycles. The highest BCUT2D eigenvalue weighted by atomic mass is 127. The van der Waals surface area contributed by atoms with Gasteiger partial charge in [0, 0.05) is 54.0 Å². The molecule has 1 rings (SSSR count). The largest absolute Gasteiger partial charge is 0.355 e. The molecule has 0 spiro atoms. The summed E-state index contributed by atoms with van der Waals surface area (Å²) in [5.41, 5.74) is 0. The quantitative estimate of drug-likeness (QED) is 0.364. The summed E-state index contributed by atoms with van der Waals surface area (Å²) >= 11 is 0. The van der Waals surface area contributed by atoms with E-state index in [1.807, 2.05) is 20.8 Å². The van der Waals surface area contributed by atoms with Gasteiger partial charge in [0.1, 0.15) is 0 Å². The third-order valence-electron chi connectivity index (χ3n) is 3.95. The van der Waals surface area contributed by atoms with Crippen LogP contribution in [0, 0.1) is 0 Å². The van der Waals surface area contributed by atoms with E-state index >= 15 is 0 Å². The molecule has 1 aliphatic heterocycles. The van der Waals surface area contributed by atoms with E-state index in [9.17, 15) is 4.21 Å². The Hall–Kier alpha value is 0.110. The van der Waals surface area contributed by atoms with Crippen molar-refractivity contribution >= 4 is 40.7 Å². The summed E-state index contributed by atoms with van der Waals surface area (Å²) in [7, 11) is 0.972. The fourth-order valence-corrected chi connectivity index (χ4v) is 3.47. The molecule has 0 aromatic rings. The highest BCUT2D eigenvalue weighted by Crippen LogP contribution is 2.11. The van der Waals surface area contributed by atoms with Crippen LogP contribution in [0.25, 0.3) is 0 Å². The number of piperidine rings is 1. The van der Waals surface area contributed by atoms with Crippen molar-refractivity contribution in [1.82, 2.24) is 15.5 Å². The summed E-state index contributed by atoms with van der Waals surface area (Å²) in [6.07, 6.45) is 3.55. The van der Waals surface area contributed by atoms with Gasteiger partial charge in [-0.2, -0.15) is 0 Å². The number of rotatable bonds is 6. The van der Waals surface area contributed by atoms with E-state index in [-0.39, 0.29) is 28.7 Å². The van der Waals surface area contributed by atoms with Crippen LogP contribution in [-0.4, -0.2) is 64.8 Å². The summed E-state index contributed by atoms with van der Waals surface area (Å²) in [6.45, 7) is 12.5. The molecule has 5 nitrogen and oxygen atoms in total. The molecule has 0 amide bonds. The van der Waals surface area contributed by atoms with Crippen LogP contribution in [-0.2, 0) is 10.8 Å². The highest BCUT2D eigenvalue weighted by molar-refractivity contribution is 14.0. The number of aliphatic imine (C=N–C) groups is 1. The molecule has 1 saturated heterocycles. The van der Waals surface area contributed by atoms with Crippen LogP contribution in [0.4, 0.5) is 0 Å². The summed E-state index contributed by atoms with van der Waals surface area (Å²) in [5.74, 6) is 1.49. The molecule has 1 heterocycles. The van der Waals surface area contributed by atoms with Gasteiger partial charge in [0.05, 0.1) is 0 Å². The first-order valence-corrected chi connectivity index (χ1v) is 9.76. The maximum absolute atomic E-state index is 12.0. The lowest BCUT2D eigenvalue weighted by molar-refractivity contribution is 0.206. The third-order valence-corrected chi connectivity index (χ3v) is 5.90. The lowest BCUT2D eigenvalue weighted by atomic mass is 10.1. The Morgan fingerprint density at radius 3 is 2.39 bits per heavy atom. The minimum Gasteiger partial charge on any atom is -0.355 e. The molecule has 2 N–H and O–H groups in total. The zero-order valence-corrected chi connectivity index (χ0v) is 18.5. The van der Waals surface area contributed by atoms with Gasteiger partial charge in [-0.1, -0.05) is 6.92 Å². The second-order valence-electron chi connectivity index (χ2n) is 6.92. The maximum Gasteiger partial charge on any atom is 0.191 e. The van der Waals surface area contributed by atoms with E-state index in [1.165, 1.54) is 13.0 Å². The zero-order valence-electron chi connectivity index (χ0n) is 15.4. The Kier molecular flexibility index (Phi) is 11.7. The van der Waals surface area contributed by atoms with E-state index in [1.54, 1.807) is 7.05 Å². The average molecular weight is 458 g/mol. The summed E-state index contributed by atoms with van der Waals surface area (Å²) in [5, 5.41) is 6.78. The Balaban J connectivity index is 0.00000484. The first-order valence-electron chi connectivity index (χ1n) is 8.44. The van der Waals surface area contributed by atoms with Gasteiger partial charge in [-0.25, -0.2) is 0 Å². The lowest BCUT2D eigenvalue weighted by Crippen LogP contribution is -2.49. The molecular formula is C16H35IN4OS. The molecule has 1 fully saturated rings. The fraction of sp³-hybridized carbons (Fsp3) is 0.938. The SMILES string of the molecule is CCCN1CCC(NC(=NC)NCCS(=O)C(C)(C)C)CC1.I. The Labute approximate surface area is 161 Å². The zero-order chi connectivity index (χ0) is 16.6. The molecule has 23 heavy (non-hydrogen) atoms. The monoisotopic (exact) mass is 458 g/mol. The molecule has 0 aliphatic carbocycles. The molecule has 1 unspecified atom stereocenters. The van der Waals surface area contributed by atoms with Gasteiger partial charge in [-0.05, 0) is 46.6 Å². The molecule has 0 aromatic heterocycles. The number of hydrogen-bond donors (Lipinski definition) is 2. The molecule has 1 atom stereocenters. The van der Waals surface area contributed by atoms with Crippen LogP contribution in [0.3, 0.4) is 0 Å². The maximum atomic E-state index is 12.0. The van der Waals surface area contributed by atoms with E-state index in [4.69, 9.17) is 0 Å². The van der Waals surface area contributed by atoms with Crippen molar-refractivity contribution in [3.63, 3.8) is 0 Å². The highest BCUT2D eigenvalue weighted by Gasteiger charge is 2.20. The van der Waals surface area contributed by atoms with Crippen molar-refractivity contribution in [3.8, 4) is 0 Å². The van der Waals surface area contributed by atoms with Gasteiger partial charge in [0.2, 0.25) is 0 Å². The van der Waals surface area contributed by atoms with Gasteiger partial charge in [-0.15, -0.1) is 24.0 Å². The van der Waals surface area contributed by atoms with Crippen LogP contribution >= 0.6 is 24.0 Å². The first-order chi connectivity index (χ1) is 10.4. The fourth-order valence-electron chi connectivity index (χ4n) is 2.57. The van der Waals surface area contributed by atoms with Gasteiger partial charge in [0.15, 0.2) is 5.96 Å². The van der Waals surface area contributed by atoms with Crippen molar-refractivity contribution in [2.45, 2.75) is 57.7 Å². The minimum atomic E-state index is -0.822. The van der Waals surface area contributed by atoms with Crippen molar-refractivity contribution in [2.24, 2.45) is 4.99 Å². The van der Waals surface area contributed by atoms with E-state index in [0.717, 1.165) is 31.9 Å². The predicted octanol–water partition coefficient (Wildman–Crippen LogP) is 2.19. The Bertz CT molecular complexity index is 377. The van der Waals surface area contributed by atoms with Crippen LogP contribution in [0.2, 0.25) is 0 Å². The molecule has 0 saturated carbocycles. The minimum absolute atomic E-state index is 0. The molecule has 0 bridgehead atoms. The number of halogens is 1. The topological polar surface area (TPSA) is 56.7 Å². The molecule has 0 radical (unpaired) electrons. The van der Waals surface area contributed by atoms with E-state index in [0.29, 0.717) is 18.3 Å². The Morgan fingerprint density at radius 2 is 1.91 bits per heavy atom. The summed E-state index contributed by atoms with van der Waals surface area (Å²) < 4.78 is 11.9. The standard InChI is InChI=1S/C16H34N4OS.HI/c1-6-10-20-11-7-14(8-12-20)19-15(17-5)18-9-13-22(21)16(2,3)4;/h14H,6-13H2,1-5H3,(H2,17,18,19);1H. The lowest BCUT2D eigenvalue weighted by Gasteiger charge is -2.32. The molecule has 7 heteroatoms. The van der Waals surface area contributed by atoms with Crippen molar-refractivity contribution in [1.29, 1.82) is 0 Å². The summed E-state index contributed by atoms with van der Waals surface area (Å²) in [6, 6.07) is 0.493. The smallest absolute Gasteiger partial charge is 0.191 e. The third kappa shape index (κ3) is 9.24. The van der Waals surface area contributed by atoms with E-state index < -0.39 is 10.8 Å². The van der Waals surface area contributed by atoms with Crippen LogP contribution < -0.4 is 10.6 Å². The second-order valence-corrected chi connectivity index (χ2v) is 9.25. The first kappa shape index (κ1) is 23.1. The predicted molar refractivity (Wildman–Crippen MR) is 112 cm³/mol. The number of nitrogens with zero attached hydrogens (tertiary/aromatic N) is 2. The van der Waals surface area contributed by atoms with Gasteiger partial charge >= 0.3 is 0 Å². The Morgan fingerprint density at radius 1 is 1.30 bits per heavy atom. The number of hydrogen-bond acceptors (Lipinski definition) is 3. The van der Waals surface area contributed by atoms with Crippen molar-refractivity contribution < 1.29 is 4.21 Å². The van der Waals surface area contributed by atoms with Crippen molar-refractivity contribution in [2.75, 3.05) is 39.0 Å². The van der Waals surface area contributed by atoms with Crippen LogP contribution in [0.1, 0.15) is 47.0 Å². The molecule has 1 aliphatic rings. The van der Waals surface area contributed by atoms with E-state index in [2.05, 4.69) is 27.4 Å². The average Bonchev–Trinajstić information content (AvgIpc) is 2.47. The van der Waals surface area contributed by atoms with Gasteiger partial charge < -0.3 is 15.5 Å². The molecule has 138 valence electrons. The normalized spacial score (nSPS) is 19.1. The number of nitrogens with one attached hydrogen (secondary N) is 2. The number of guanidine groups is 1. The van der Waals surface area contributed by atoms with Crippen LogP contribution in [0.15, 0.2) is 4.99 Å². The van der Waals surface area contributed by atoms with Gasteiger partial charge in [-0.3, -0.25) is 9.20 Å².